The van der Waals surface area contributed by atoms with Crippen molar-refractivity contribution in [3.63, 3.8) is 0 Å². The molecular weight excluding hydrogens is 511 g/mol. The number of hydrogen-bond donors (Lipinski definition) is 2. The van der Waals surface area contributed by atoms with Crippen LogP contribution < -0.4 is 20.3 Å². The van der Waals surface area contributed by atoms with Crippen LogP contribution in [0.15, 0.2) is 34.6 Å². The Hall–Kier alpha value is -1.69. The number of alkyl halides is 2. The van der Waals surface area contributed by atoms with Gasteiger partial charge in [0.05, 0.1) is 16.4 Å². The van der Waals surface area contributed by atoms with Crippen LogP contribution in [0.25, 0.3) is 0 Å². The van der Waals surface area contributed by atoms with Gasteiger partial charge < -0.3 is 20.3 Å². The number of benzene rings is 1. The van der Waals surface area contributed by atoms with Gasteiger partial charge in [-0.05, 0) is 25.5 Å². The number of aryl methyl sites for hydroxylation is 1. The van der Waals surface area contributed by atoms with E-state index >= 15 is 0 Å². The van der Waals surface area contributed by atoms with E-state index in [0.717, 1.165) is 42.6 Å². The number of nitrogens with zero attached hydrogens (tertiary/aromatic N) is 3. The van der Waals surface area contributed by atoms with Crippen molar-refractivity contribution in [2.24, 2.45) is 4.99 Å². The lowest BCUT2D eigenvalue weighted by atomic mass is 10.2. The molecule has 29 heavy (non-hydrogen) atoms. The Labute approximate surface area is 190 Å². The summed E-state index contributed by atoms with van der Waals surface area (Å²) < 4.78 is 29.9. The molecule has 0 bridgehead atoms. The minimum Gasteiger partial charge on any atom is -0.433 e. The minimum absolute atomic E-state index is 0. The van der Waals surface area contributed by atoms with Crippen LogP contribution in [0.2, 0.25) is 0 Å². The normalized spacial score (nSPS) is 16.7. The predicted molar refractivity (Wildman–Crippen MR) is 124 cm³/mol. The van der Waals surface area contributed by atoms with Gasteiger partial charge in [-0.15, -0.1) is 35.3 Å². The van der Waals surface area contributed by atoms with Crippen molar-refractivity contribution in [3.8, 4) is 5.75 Å². The number of aromatic nitrogens is 1. The van der Waals surface area contributed by atoms with E-state index in [1.165, 1.54) is 0 Å². The van der Waals surface area contributed by atoms with Gasteiger partial charge in [-0.1, -0.05) is 12.1 Å². The summed E-state index contributed by atoms with van der Waals surface area (Å²) in [5.74, 6) is 0.940. The van der Waals surface area contributed by atoms with Crippen LogP contribution in [0, 0.1) is 6.92 Å². The molecule has 3 rings (SSSR count). The number of ether oxygens (including phenoxy) is 1. The first-order valence-corrected chi connectivity index (χ1v) is 10.1. The number of thiazole rings is 1. The lowest BCUT2D eigenvalue weighted by Crippen LogP contribution is -2.45. The van der Waals surface area contributed by atoms with Crippen molar-refractivity contribution in [1.82, 2.24) is 15.6 Å². The lowest BCUT2D eigenvalue weighted by Gasteiger charge is -2.22. The van der Waals surface area contributed by atoms with E-state index in [2.05, 4.69) is 35.6 Å². The molecule has 0 spiro atoms. The number of aliphatic imine (C=N–C) groups is 1. The van der Waals surface area contributed by atoms with Gasteiger partial charge in [0.1, 0.15) is 5.75 Å². The Bertz CT molecular complexity index is 804. The smallest absolute Gasteiger partial charge is 0.387 e. The van der Waals surface area contributed by atoms with Gasteiger partial charge in [0.2, 0.25) is 0 Å². The molecule has 160 valence electrons. The fourth-order valence-corrected chi connectivity index (χ4v) is 3.88. The number of guanidine groups is 1. The monoisotopic (exact) mass is 537 g/mol. The molecule has 0 amide bonds. The van der Waals surface area contributed by atoms with E-state index in [-0.39, 0.29) is 35.8 Å². The Morgan fingerprint density at radius 3 is 2.90 bits per heavy atom. The Balaban J connectivity index is 0.00000300. The van der Waals surface area contributed by atoms with E-state index in [0.29, 0.717) is 12.2 Å². The summed E-state index contributed by atoms with van der Waals surface area (Å²) >= 11 is 1.65. The quantitative estimate of drug-likeness (QED) is 0.321. The zero-order chi connectivity index (χ0) is 19.9. The van der Waals surface area contributed by atoms with Crippen LogP contribution in [-0.2, 0) is 6.42 Å². The summed E-state index contributed by atoms with van der Waals surface area (Å²) in [7, 11) is 1.74. The predicted octanol–water partition coefficient (Wildman–Crippen LogP) is 3.66. The molecule has 0 aliphatic carbocycles. The van der Waals surface area contributed by atoms with Gasteiger partial charge in [-0.2, -0.15) is 8.78 Å². The van der Waals surface area contributed by atoms with E-state index in [9.17, 15) is 8.78 Å². The van der Waals surface area contributed by atoms with Crippen molar-refractivity contribution in [2.75, 3.05) is 31.6 Å². The van der Waals surface area contributed by atoms with Crippen molar-refractivity contribution in [3.05, 3.63) is 40.3 Å². The highest BCUT2D eigenvalue weighted by Crippen LogP contribution is 2.31. The molecule has 1 aliphatic heterocycles. The molecule has 2 heterocycles. The molecule has 0 radical (unpaired) electrons. The Morgan fingerprint density at radius 2 is 2.21 bits per heavy atom. The molecule has 1 saturated heterocycles. The fraction of sp³-hybridized carbons (Fsp3) is 0.474. The Morgan fingerprint density at radius 1 is 1.41 bits per heavy atom. The maximum atomic E-state index is 12.6. The maximum Gasteiger partial charge on any atom is 0.387 e. The van der Waals surface area contributed by atoms with Crippen LogP contribution in [0.1, 0.15) is 17.1 Å². The summed E-state index contributed by atoms with van der Waals surface area (Å²) in [5.41, 5.74) is 1.77. The van der Waals surface area contributed by atoms with E-state index in [1.807, 2.05) is 19.1 Å². The van der Waals surface area contributed by atoms with Crippen LogP contribution in [0.4, 0.5) is 14.5 Å². The third-order valence-electron chi connectivity index (χ3n) is 4.51. The fourth-order valence-electron chi connectivity index (χ4n) is 3.23. The zero-order valence-electron chi connectivity index (χ0n) is 16.4. The van der Waals surface area contributed by atoms with Crippen molar-refractivity contribution >= 4 is 47.0 Å². The summed E-state index contributed by atoms with van der Waals surface area (Å²) in [4.78, 5) is 10.8. The highest BCUT2D eigenvalue weighted by molar-refractivity contribution is 14.0. The van der Waals surface area contributed by atoms with Gasteiger partial charge in [-0.25, -0.2) is 4.98 Å². The topological polar surface area (TPSA) is 61.8 Å². The number of halogens is 3. The van der Waals surface area contributed by atoms with E-state index < -0.39 is 6.61 Å². The second-order valence-corrected chi connectivity index (χ2v) is 7.59. The summed E-state index contributed by atoms with van der Waals surface area (Å²) in [6.07, 6.45) is 1.72. The number of rotatable bonds is 7. The minimum atomic E-state index is -2.83. The average molecular weight is 537 g/mol. The third kappa shape index (κ3) is 6.95. The number of hydrogen-bond acceptors (Lipinski definition) is 5. The SMILES string of the molecule is CN=C(NCCc1csc(C)n1)NC1CCN(c2ccccc2OC(F)F)C1.I. The average Bonchev–Trinajstić information content (AvgIpc) is 3.30. The van der Waals surface area contributed by atoms with Gasteiger partial charge in [0, 0.05) is 44.5 Å². The molecule has 10 heteroatoms. The second kappa shape index (κ2) is 11.5. The molecule has 6 nitrogen and oxygen atoms in total. The first-order chi connectivity index (χ1) is 13.5. The first-order valence-electron chi connectivity index (χ1n) is 9.22. The third-order valence-corrected chi connectivity index (χ3v) is 5.34. The van der Waals surface area contributed by atoms with Crippen molar-refractivity contribution in [1.29, 1.82) is 0 Å². The van der Waals surface area contributed by atoms with E-state index in [4.69, 9.17) is 0 Å². The van der Waals surface area contributed by atoms with Crippen LogP contribution >= 0.6 is 35.3 Å². The molecule has 1 aromatic carbocycles. The van der Waals surface area contributed by atoms with Gasteiger partial charge in [0.25, 0.3) is 0 Å². The first kappa shape index (κ1) is 23.6. The van der Waals surface area contributed by atoms with Crippen LogP contribution in [0.5, 0.6) is 5.75 Å². The summed E-state index contributed by atoms with van der Waals surface area (Å²) in [6, 6.07) is 7.08. The lowest BCUT2D eigenvalue weighted by molar-refractivity contribution is -0.0495. The Kier molecular flexibility index (Phi) is 9.34. The van der Waals surface area contributed by atoms with Crippen molar-refractivity contribution in [2.45, 2.75) is 32.4 Å². The van der Waals surface area contributed by atoms with E-state index in [1.54, 1.807) is 30.5 Å². The molecule has 1 atom stereocenters. The van der Waals surface area contributed by atoms with Gasteiger partial charge in [0.15, 0.2) is 5.96 Å². The van der Waals surface area contributed by atoms with Gasteiger partial charge >= 0.3 is 6.61 Å². The number of anilines is 1. The summed E-state index contributed by atoms with van der Waals surface area (Å²) in [5, 5.41) is 9.85. The molecule has 1 fully saturated rings. The molecular formula is C19H26F2IN5OS. The van der Waals surface area contributed by atoms with Crippen molar-refractivity contribution < 1.29 is 13.5 Å². The van der Waals surface area contributed by atoms with Gasteiger partial charge in [-0.3, -0.25) is 4.99 Å². The number of para-hydroxylation sites is 2. The van der Waals surface area contributed by atoms with Crippen LogP contribution in [0.3, 0.4) is 0 Å². The largest absolute Gasteiger partial charge is 0.433 e. The standard InChI is InChI=1S/C19H25F2N5OS.HI/c1-13-24-15(12-28-13)7-9-23-19(22-2)25-14-8-10-26(11-14)16-5-3-4-6-17(16)27-18(20)21;/h3-6,12,14,18H,7-11H2,1-2H3,(H2,22,23,25);1H. The maximum absolute atomic E-state index is 12.6. The molecule has 2 N–H and O–H groups in total. The molecule has 1 aliphatic rings. The summed E-state index contributed by atoms with van der Waals surface area (Å²) in [6.45, 7) is 1.36. The molecule has 1 aromatic heterocycles. The van der Waals surface area contributed by atoms with Crippen LogP contribution in [-0.4, -0.2) is 50.3 Å². The number of nitrogens with one attached hydrogen (secondary N) is 2. The second-order valence-electron chi connectivity index (χ2n) is 6.53. The highest BCUT2D eigenvalue weighted by Gasteiger charge is 2.26. The highest BCUT2D eigenvalue weighted by atomic mass is 127. The zero-order valence-corrected chi connectivity index (χ0v) is 19.5. The molecule has 2 aromatic rings. The molecule has 1 unspecified atom stereocenters. The molecule has 0 saturated carbocycles.